The fourth-order valence-electron chi connectivity index (χ4n) is 3.39. The zero-order valence-electron chi connectivity index (χ0n) is 14.8. The van der Waals surface area contributed by atoms with E-state index in [1.54, 1.807) is 18.3 Å². The molecule has 27 heavy (non-hydrogen) atoms. The molecule has 1 N–H and O–H groups in total. The standard InChI is InChI=1S/C19H19FN4O3/c1-12(25)22-8-15-10-24(19(26)27-15)14-4-5-18(16(20)7-14)23-9-13-3-2-6-21-17(13)11-23/h2-7,15H,8-11H2,1H3,(H,22,25)/t15-/m0/s1. The predicted octanol–water partition coefficient (Wildman–Crippen LogP) is 2.20. The maximum atomic E-state index is 14.8. The molecule has 8 heteroatoms. The van der Waals surface area contributed by atoms with Gasteiger partial charge >= 0.3 is 6.09 Å². The summed E-state index contributed by atoms with van der Waals surface area (Å²) < 4.78 is 20.0. The number of anilines is 2. The van der Waals surface area contributed by atoms with Crippen molar-refractivity contribution in [2.45, 2.75) is 26.1 Å². The van der Waals surface area contributed by atoms with Gasteiger partial charge in [0.1, 0.15) is 11.9 Å². The van der Waals surface area contributed by atoms with Crippen LogP contribution in [0.3, 0.4) is 0 Å². The largest absolute Gasteiger partial charge is 0.442 e. The van der Waals surface area contributed by atoms with Gasteiger partial charge in [0.2, 0.25) is 5.91 Å². The Hall–Kier alpha value is -3.16. The first-order chi connectivity index (χ1) is 13.0. The topological polar surface area (TPSA) is 74.8 Å². The van der Waals surface area contributed by atoms with Gasteiger partial charge in [-0.05, 0) is 29.8 Å². The van der Waals surface area contributed by atoms with Gasteiger partial charge in [0.15, 0.2) is 0 Å². The van der Waals surface area contributed by atoms with E-state index in [4.69, 9.17) is 4.74 Å². The number of nitrogens with one attached hydrogen (secondary N) is 1. The summed E-state index contributed by atoms with van der Waals surface area (Å²) in [6.45, 7) is 3.05. The van der Waals surface area contributed by atoms with Crippen molar-refractivity contribution in [1.82, 2.24) is 10.3 Å². The Labute approximate surface area is 155 Å². The molecule has 0 unspecified atom stereocenters. The molecule has 3 heterocycles. The summed E-state index contributed by atoms with van der Waals surface area (Å²) in [5.74, 6) is -0.598. The third kappa shape index (κ3) is 3.42. The average molecular weight is 370 g/mol. The molecule has 2 aliphatic rings. The Kier molecular flexibility index (Phi) is 4.39. The van der Waals surface area contributed by atoms with Crippen LogP contribution in [0.2, 0.25) is 0 Å². The van der Waals surface area contributed by atoms with Crippen LogP contribution in [-0.4, -0.2) is 36.2 Å². The summed E-state index contributed by atoms with van der Waals surface area (Å²) in [6.07, 6.45) is 0.733. The zero-order valence-corrected chi connectivity index (χ0v) is 14.8. The lowest BCUT2D eigenvalue weighted by Crippen LogP contribution is -2.33. The number of aromatic nitrogens is 1. The number of fused-ring (bicyclic) bond motifs is 1. The maximum absolute atomic E-state index is 14.8. The van der Waals surface area contributed by atoms with E-state index in [-0.39, 0.29) is 19.0 Å². The minimum Gasteiger partial charge on any atom is -0.442 e. The van der Waals surface area contributed by atoms with Crippen molar-refractivity contribution in [3.05, 3.63) is 53.6 Å². The second kappa shape index (κ2) is 6.86. The predicted molar refractivity (Wildman–Crippen MR) is 96.8 cm³/mol. The third-order valence-electron chi connectivity index (χ3n) is 4.72. The lowest BCUT2D eigenvalue weighted by atomic mass is 10.2. The molecular formula is C19H19FN4O3. The fraction of sp³-hybridized carbons (Fsp3) is 0.316. The second-order valence-electron chi connectivity index (χ2n) is 6.65. The van der Waals surface area contributed by atoms with Gasteiger partial charge < -0.3 is 15.0 Å². The van der Waals surface area contributed by atoms with E-state index >= 15 is 0 Å². The Morgan fingerprint density at radius 2 is 2.22 bits per heavy atom. The summed E-state index contributed by atoms with van der Waals surface area (Å²) in [5.41, 5.74) is 2.94. The SMILES string of the molecule is CC(=O)NC[C@H]1CN(c2ccc(N3Cc4cccnc4C3)c(F)c2)C(=O)O1. The van der Waals surface area contributed by atoms with Crippen molar-refractivity contribution in [1.29, 1.82) is 0 Å². The van der Waals surface area contributed by atoms with Crippen molar-refractivity contribution < 1.29 is 18.7 Å². The van der Waals surface area contributed by atoms with Crippen molar-refractivity contribution in [3.63, 3.8) is 0 Å². The number of halogens is 1. The van der Waals surface area contributed by atoms with Crippen molar-refractivity contribution in [3.8, 4) is 0 Å². The number of hydrogen-bond acceptors (Lipinski definition) is 5. The van der Waals surface area contributed by atoms with E-state index in [2.05, 4.69) is 10.3 Å². The van der Waals surface area contributed by atoms with Crippen LogP contribution in [0.1, 0.15) is 18.2 Å². The molecule has 1 aromatic carbocycles. The number of amides is 2. The molecule has 1 atom stereocenters. The molecular weight excluding hydrogens is 351 g/mol. The molecule has 7 nitrogen and oxygen atoms in total. The number of ether oxygens (including phenoxy) is 1. The number of pyridine rings is 1. The molecule has 1 aromatic heterocycles. The Morgan fingerprint density at radius 1 is 1.37 bits per heavy atom. The zero-order chi connectivity index (χ0) is 19.0. The molecule has 1 saturated heterocycles. The molecule has 2 amide bonds. The van der Waals surface area contributed by atoms with Crippen molar-refractivity contribution in [2.24, 2.45) is 0 Å². The average Bonchev–Trinajstić information content (AvgIpc) is 3.23. The quantitative estimate of drug-likeness (QED) is 0.893. The van der Waals surface area contributed by atoms with E-state index < -0.39 is 18.0 Å². The van der Waals surface area contributed by atoms with E-state index in [9.17, 15) is 14.0 Å². The molecule has 0 bridgehead atoms. The molecule has 0 radical (unpaired) electrons. The first kappa shape index (κ1) is 17.3. The number of rotatable bonds is 4. The molecule has 1 fully saturated rings. The van der Waals surface area contributed by atoms with Gasteiger partial charge in [0.25, 0.3) is 0 Å². The van der Waals surface area contributed by atoms with Gasteiger partial charge in [0, 0.05) is 19.7 Å². The highest BCUT2D eigenvalue weighted by Crippen LogP contribution is 2.32. The van der Waals surface area contributed by atoms with Crippen LogP contribution in [0.25, 0.3) is 0 Å². The van der Waals surface area contributed by atoms with Crippen LogP contribution in [0.4, 0.5) is 20.6 Å². The minimum absolute atomic E-state index is 0.194. The van der Waals surface area contributed by atoms with Crippen LogP contribution in [-0.2, 0) is 22.6 Å². The third-order valence-corrected chi connectivity index (χ3v) is 4.72. The highest BCUT2D eigenvalue weighted by Gasteiger charge is 2.33. The van der Waals surface area contributed by atoms with Gasteiger partial charge in [0.05, 0.1) is 36.7 Å². The number of carbonyl (C=O) groups is 2. The number of benzene rings is 1. The second-order valence-corrected chi connectivity index (χ2v) is 6.65. The Balaban J connectivity index is 1.48. The molecule has 2 aliphatic heterocycles. The smallest absolute Gasteiger partial charge is 0.414 e. The first-order valence-electron chi connectivity index (χ1n) is 8.71. The van der Waals surface area contributed by atoms with Gasteiger partial charge in [-0.1, -0.05) is 6.07 Å². The van der Waals surface area contributed by atoms with Gasteiger partial charge in [-0.15, -0.1) is 0 Å². The number of cyclic esters (lactones) is 1. The van der Waals surface area contributed by atoms with Gasteiger partial charge in [-0.25, -0.2) is 9.18 Å². The van der Waals surface area contributed by atoms with Gasteiger partial charge in [-0.3, -0.25) is 14.7 Å². The number of nitrogens with zero attached hydrogens (tertiary/aromatic N) is 3. The summed E-state index contributed by atoms with van der Waals surface area (Å²) >= 11 is 0. The molecule has 2 aromatic rings. The van der Waals surface area contributed by atoms with Gasteiger partial charge in [-0.2, -0.15) is 0 Å². The molecule has 0 saturated carbocycles. The highest BCUT2D eigenvalue weighted by molar-refractivity contribution is 5.90. The van der Waals surface area contributed by atoms with Crippen LogP contribution >= 0.6 is 0 Å². The Morgan fingerprint density at radius 3 is 2.96 bits per heavy atom. The van der Waals surface area contributed by atoms with E-state index in [0.29, 0.717) is 24.5 Å². The van der Waals surface area contributed by atoms with E-state index in [1.807, 2.05) is 17.0 Å². The highest BCUT2D eigenvalue weighted by atomic mass is 19.1. The number of hydrogen-bond donors (Lipinski definition) is 1. The van der Waals surface area contributed by atoms with Crippen LogP contribution in [0, 0.1) is 5.82 Å². The normalized spacial score (nSPS) is 18.4. The summed E-state index contributed by atoms with van der Waals surface area (Å²) in [4.78, 5) is 30.7. The first-order valence-corrected chi connectivity index (χ1v) is 8.71. The lowest BCUT2D eigenvalue weighted by molar-refractivity contribution is -0.119. The van der Waals surface area contributed by atoms with E-state index in [1.165, 1.54) is 17.9 Å². The fourth-order valence-corrected chi connectivity index (χ4v) is 3.39. The maximum Gasteiger partial charge on any atom is 0.414 e. The van der Waals surface area contributed by atoms with Crippen LogP contribution in [0.5, 0.6) is 0 Å². The minimum atomic E-state index is -0.546. The van der Waals surface area contributed by atoms with E-state index in [0.717, 1.165) is 11.3 Å². The number of carbonyl (C=O) groups excluding carboxylic acids is 2. The molecule has 140 valence electrons. The monoisotopic (exact) mass is 370 g/mol. The lowest BCUT2D eigenvalue weighted by Gasteiger charge is -2.20. The summed E-state index contributed by atoms with van der Waals surface area (Å²) in [5, 5.41) is 2.62. The molecule has 0 spiro atoms. The summed E-state index contributed by atoms with van der Waals surface area (Å²) in [7, 11) is 0. The molecule has 4 rings (SSSR count). The van der Waals surface area contributed by atoms with Crippen molar-refractivity contribution in [2.75, 3.05) is 22.9 Å². The van der Waals surface area contributed by atoms with Crippen molar-refractivity contribution >= 4 is 23.4 Å². The van der Waals surface area contributed by atoms with Crippen LogP contribution < -0.4 is 15.1 Å². The molecule has 0 aliphatic carbocycles. The van der Waals surface area contributed by atoms with Crippen LogP contribution in [0.15, 0.2) is 36.5 Å². The Bertz CT molecular complexity index is 879. The summed E-state index contributed by atoms with van der Waals surface area (Å²) in [6, 6.07) is 8.58.